The van der Waals surface area contributed by atoms with Gasteiger partial charge in [-0.25, -0.2) is 9.97 Å². The monoisotopic (exact) mass is 385 g/mol. The van der Waals surface area contributed by atoms with Gasteiger partial charge in [-0.3, -0.25) is 0 Å². The Bertz CT molecular complexity index is 1130. The fourth-order valence-corrected chi connectivity index (χ4v) is 3.85. The number of para-hydroxylation sites is 1. The predicted octanol–water partition coefficient (Wildman–Crippen LogP) is 5.40. The predicted molar refractivity (Wildman–Crippen MR) is 113 cm³/mol. The van der Waals surface area contributed by atoms with Crippen LogP contribution in [0.15, 0.2) is 52.9 Å². The van der Waals surface area contributed by atoms with Crippen LogP contribution in [0.1, 0.15) is 37.7 Å². The molecule has 0 spiro atoms. The van der Waals surface area contributed by atoms with Gasteiger partial charge < -0.3 is 9.73 Å². The Kier molecular flexibility index (Phi) is 4.68. The fraction of sp³-hybridized carbons (Fsp3) is 0.304. The van der Waals surface area contributed by atoms with Crippen molar-refractivity contribution in [3.05, 3.63) is 54.1 Å². The maximum Gasteiger partial charge on any atom is 0.286 e. The molecule has 5 rings (SSSR count). The van der Waals surface area contributed by atoms with Crippen LogP contribution >= 0.6 is 0 Å². The van der Waals surface area contributed by atoms with Crippen LogP contribution in [0.25, 0.3) is 34.1 Å². The topological polar surface area (TPSA) is 76.7 Å². The van der Waals surface area contributed by atoms with Gasteiger partial charge in [0.25, 0.3) is 5.89 Å². The van der Waals surface area contributed by atoms with Gasteiger partial charge in [0.1, 0.15) is 5.82 Å². The Labute approximate surface area is 169 Å². The van der Waals surface area contributed by atoms with Crippen LogP contribution in [0, 0.1) is 6.92 Å². The molecule has 0 amide bonds. The Morgan fingerprint density at radius 2 is 1.62 bits per heavy atom. The normalized spacial score (nSPS) is 14.9. The van der Waals surface area contributed by atoms with Crippen molar-refractivity contribution >= 4 is 16.7 Å². The lowest BCUT2D eigenvalue weighted by Crippen LogP contribution is -2.23. The summed E-state index contributed by atoms with van der Waals surface area (Å²) in [6, 6.07) is 16.5. The molecule has 0 unspecified atom stereocenters. The average Bonchev–Trinajstić information content (AvgIpc) is 3.25. The van der Waals surface area contributed by atoms with Crippen molar-refractivity contribution in [2.75, 3.05) is 5.32 Å². The molecular formula is C23H23N5O. The number of benzene rings is 2. The minimum Gasteiger partial charge on any atom is -0.413 e. The van der Waals surface area contributed by atoms with Gasteiger partial charge in [-0.1, -0.05) is 49.1 Å². The van der Waals surface area contributed by atoms with Crippen LogP contribution in [0.5, 0.6) is 0 Å². The van der Waals surface area contributed by atoms with Gasteiger partial charge in [0, 0.05) is 17.0 Å². The molecule has 1 aliphatic rings. The molecular weight excluding hydrogens is 362 g/mol. The van der Waals surface area contributed by atoms with E-state index in [0.717, 1.165) is 22.3 Å². The molecule has 0 atom stereocenters. The molecule has 6 nitrogen and oxygen atoms in total. The van der Waals surface area contributed by atoms with E-state index in [4.69, 9.17) is 9.40 Å². The largest absolute Gasteiger partial charge is 0.413 e. The number of anilines is 1. The van der Waals surface area contributed by atoms with Crippen LogP contribution in [-0.2, 0) is 0 Å². The molecule has 1 fully saturated rings. The Morgan fingerprint density at radius 1 is 0.862 bits per heavy atom. The maximum atomic E-state index is 5.91. The Balaban J connectivity index is 1.52. The first kappa shape index (κ1) is 17.8. The van der Waals surface area contributed by atoms with Crippen LogP contribution in [0.2, 0.25) is 0 Å². The van der Waals surface area contributed by atoms with E-state index >= 15 is 0 Å². The second kappa shape index (κ2) is 7.62. The number of aryl methyl sites for hydroxylation is 1. The molecule has 0 aliphatic heterocycles. The molecule has 0 radical (unpaired) electrons. The number of aromatic nitrogens is 4. The van der Waals surface area contributed by atoms with E-state index in [0.29, 0.717) is 23.6 Å². The van der Waals surface area contributed by atoms with Gasteiger partial charge in [-0.2, -0.15) is 0 Å². The number of fused-ring (bicyclic) bond motifs is 1. The average molecular weight is 385 g/mol. The van der Waals surface area contributed by atoms with Crippen molar-refractivity contribution < 1.29 is 4.42 Å². The first-order valence-corrected chi connectivity index (χ1v) is 10.2. The molecule has 1 N–H and O–H groups in total. The number of nitrogens with one attached hydrogen (secondary N) is 1. The van der Waals surface area contributed by atoms with Gasteiger partial charge in [0.05, 0.1) is 5.52 Å². The minimum absolute atomic E-state index is 0.332. The molecule has 29 heavy (non-hydrogen) atoms. The lowest BCUT2D eigenvalue weighted by Gasteiger charge is -2.24. The van der Waals surface area contributed by atoms with Crippen molar-refractivity contribution in [2.45, 2.75) is 45.1 Å². The van der Waals surface area contributed by atoms with E-state index in [1.54, 1.807) is 0 Å². The Hall–Kier alpha value is -3.28. The zero-order valence-corrected chi connectivity index (χ0v) is 16.4. The quantitative estimate of drug-likeness (QED) is 0.507. The first-order chi connectivity index (χ1) is 14.3. The zero-order chi connectivity index (χ0) is 19.6. The first-order valence-electron chi connectivity index (χ1n) is 10.2. The highest BCUT2D eigenvalue weighted by molar-refractivity contribution is 5.90. The standard InChI is InChI=1S/C23H23N5O/c1-15-11-13-16(14-12-15)22-27-28-23(29-22)21-25-19-10-6-5-9-18(19)20(26-21)24-17-7-3-2-4-8-17/h5-6,9-14,17H,2-4,7-8H2,1H3,(H,24,25,26). The van der Waals surface area contributed by atoms with Gasteiger partial charge in [-0.15, -0.1) is 10.2 Å². The van der Waals surface area contributed by atoms with E-state index in [2.05, 4.69) is 26.6 Å². The SMILES string of the molecule is Cc1ccc(-c2nnc(-c3nc(NC4CCCCC4)c4ccccc4n3)o2)cc1. The van der Waals surface area contributed by atoms with E-state index in [9.17, 15) is 0 Å². The van der Waals surface area contributed by atoms with Gasteiger partial charge in [0.15, 0.2) is 0 Å². The van der Waals surface area contributed by atoms with Crippen molar-refractivity contribution in [2.24, 2.45) is 0 Å². The highest BCUT2D eigenvalue weighted by atomic mass is 16.4. The molecule has 1 saturated carbocycles. The fourth-order valence-electron chi connectivity index (χ4n) is 3.85. The Morgan fingerprint density at radius 3 is 2.45 bits per heavy atom. The summed E-state index contributed by atoms with van der Waals surface area (Å²) in [5.41, 5.74) is 2.94. The molecule has 146 valence electrons. The van der Waals surface area contributed by atoms with Crippen molar-refractivity contribution in [1.82, 2.24) is 20.2 Å². The molecule has 2 aromatic heterocycles. The van der Waals surface area contributed by atoms with Gasteiger partial charge in [-0.05, 0) is 44.0 Å². The number of hydrogen-bond donors (Lipinski definition) is 1. The maximum absolute atomic E-state index is 5.91. The number of rotatable bonds is 4. The molecule has 4 aromatic rings. The van der Waals surface area contributed by atoms with E-state index < -0.39 is 0 Å². The number of nitrogens with zero attached hydrogens (tertiary/aromatic N) is 4. The third-order valence-electron chi connectivity index (χ3n) is 5.46. The smallest absolute Gasteiger partial charge is 0.286 e. The van der Waals surface area contributed by atoms with Crippen LogP contribution < -0.4 is 5.32 Å². The lowest BCUT2D eigenvalue weighted by molar-refractivity contribution is 0.462. The highest BCUT2D eigenvalue weighted by Crippen LogP contribution is 2.29. The second-order valence-electron chi connectivity index (χ2n) is 7.67. The molecule has 2 aromatic carbocycles. The third kappa shape index (κ3) is 3.70. The molecule has 2 heterocycles. The summed E-state index contributed by atoms with van der Waals surface area (Å²) in [4.78, 5) is 9.44. The summed E-state index contributed by atoms with van der Waals surface area (Å²) < 4.78 is 5.91. The molecule has 6 heteroatoms. The van der Waals surface area contributed by atoms with E-state index in [1.807, 2.05) is 49.4 Å². The molecule has 0 bridgehead atoms. The van der Waals surface area contributed by atoms with E-state index in [-0.39, 0.29) is 0 Å². The lowest BCUT2D eigenvalue weighted by atomic mass is 9.95. The molecule has 1 aliphatic carbocycles. The van der Waals surface area contributed by atoms with Crippen LogP contribution in [0.4, 0.5) is 5.82 Å². The second-order valence-corrected chi connectivity index (χ2v) is 7.67. The van der Waals surface area contributed by atoms with Gasteiger partial charge >= 0.3 is 0 Å². The minimum atomic E-state index is 0.332. The summed E-state index contributed by atoms with van der Waals surface area (Å²) in [6.45, 7) is 2.05. The van der Waals surface area contributed by atoms with Crippen molar-refractivity contribution in [3.8, 4) is 23.2 Å². The van der Waals surface area contributed by atoms with Crippen LogP contribution in [-0.4, -0.2) is 26.2 Å². The van der Waals surface area contributed by atoms with Gasteiger partial charge in [0.2, 0.25) is 11.7 Å². The summed E-state index contributed by atoms with van der Waals surface area (Å²) in [7, 11) is 0. The van der Waals surface area contributed by atoms with Crippen molar-refractivity contribution in [3.63, 3.8) is 0 Å². The van der Waals surface area contributed by atoms with E-state index in [1.165, 1.54) is 37.7 Å². The molecule has 0 saturated heterocycles. The summed E-state index contributed by atoms with van der Waals surface area (Å²) in [6.07, 6.45) is 6.18. The number of hydrogen-bond acceptors (Lipinski definition) is 6. The zero-order valence-electron chi connectivity index (χ0n) is 16.4. The van der Waals surface area contributed by atoms with Crippen LogP contribution in [0.3, 0.4) is 0 Å². The highest BCUT2D eigenvalue weighted by Gasteiger charge is 2.19. The summed E-state index contributed by atoms with van der Waals surface area (Å²) in [5.74, 6) is 2.09. The summed E-state index contributed by atoms with van der Waals surface area (Å²) in [5, 5.41) is 13.1. The third-order valence-corrected chi connectivity index (χ3v) is 5.46. The van der Waals surface area contributed by atoms with Crippen molar-refractivity contribution in [1.29, 1.82) is 0 Å². The summed E-state index contributed by atoms with van der Waals surface area (Å²) >= 11 is 0.